The zero-order chi connectivity index (χ0) is 29.6. The van der Waals surface area contributed by atoms with Gasteiger partial charge in [0.2, 0.25) is 0 Å². The highest BCUT2D eigenvalue weighted by Crippen LogP contribution is 2.39. The van der Waals surface area contributed by atoms with E-state index in [2.05, 4.69) is 188 Å². The zero-order valence-corrected chi connectivity index (χ0v) is 26.0. The molecule has 0 aliphatic rings. The van der Waals surface area contributed by atoms with Crippen molar-refractivity contribution < 1.29 is 0 Å². The Bertz CT molecular complexity index is 1740. The van der Waals surface area contributed by atoms with Crippen molar-refractivity contribution in [2.75, 3.05) is 0 Å². The highest BCUT2D eigenvalue weighted by molar-refractivity contribution is 7.80. The molecular formula is C41H31NP2. The van der Waals surface area contributed by atoms with Crippen LogP contribution in [0.5, 0.6) is 0 Å². The van der Waals surface area contributed by atoms with Gasteiger partial charge in [0.1, 0.15) is 0 Å². The number of nitrogens with zero attached hydrogens (tertiary/aromatic N) is 1. The van der Waals surface area contributed by atoms with Crippen LogP contribution in [0, 0.1) is 0 Å². The van der Waals surface area contributed by atoms with Gasteiger partial charge in [-0.25, -0.2) is 4.98 Å². The van der Waals surface area contributed by atoms with Crippen LogP contribution in [0.1, 0.15) is 0 Å². The first-order valence-electron chi connectivity index (χ1n) is 14.8. The Labute approximate surface area is 262 Å². The first-order chi connectivity index (χ1) is 21.9. The van der Waals surface area contributed by atoms with Gasteiger partial charge in [0, 0.05) is 11.1 Å². The summed E-state index contributed by atoms with van der Waals surface area (Å²) >= 11 is 0. The van der Waals surface area contributed by atoms with Crippen LogP contribution in [0.15, 0.2) is 188 Å². The molecule has 0 aliphatic heterocycles. The van der Waals surface area contributed by atoms with Crippen LogP contribution in [0.25, 0.3) is 22.5 Å². The van der Waals surface area contributed by atoms with Crippen molar-refractivity contribution in [2.24, 2.45) is 0 Å². The Balaban J connectivity index is 1.37. The molecule has 0 bridgehead atoms. The van der Waals surface area contributed by atoms with Crippen molar-refractivity contribution in [3.8, 4) is 22.5 Å². The second-order valence-electron chi connectivity index (χ2n) is 10.5. The van der Waals surface area contributed by atoms with Crippen LogP contribution in [-0.4, -0.2) is 4.98 Å². The van der Waals surface area contributed by atoms with E-state index in [-0.39, 0.29) is 0 Å². The summed E-state index contributed by atoms with van der Waals surface area (Å²) < 4.78 is 0. The smallest absolute Gasteiger partial charge is 0.0716 e. The van der Waals surface area contributed by atoms with E-state index < -0.39 is 15.8 Å². The molecule has 0 aliphatic carbocycles. The fourth-order valence-electron chi connectivity index (χ4n) is 5.67. The maximum atomic E-state index is 5.39. The van der Waals surface area contributed by atoms with Crippen LogP contribution < -0.4 is 31.8 Å². The highest BCUT2D eigenvalue weighted by Gasteiger charge is 2.23. The van der Waals surface area contributed by atoms with Crippen molar-refractivity contribution >= 4 is 47.7 Å². The van der Waals surface area contributed by atoms with E-state index >= 15 is 0 Å². The summed E-state index contributed by atoms with van der Waals surface area (Å²) in [5, 5.41) is 7.96. The monoisotopic (exact) mass is 599 g/mol. The maximum absolute atomic E-state index is 5.39. The van der Waals surface area contributed by atoms with Gasteiger partial charge in [-0.2, -0.15) is 0 Å². The minimum Gasteiger partial charge on any atom is -0.248 e. The SMILES string of the molecule is c1ccc(P(c2ccccc2)c2ccccc2-c2cccc(-c3ccccc3P(c3ccccc3)c3ccccc3)n2)cc1. The van der Waals surface area contributed by atoms with Crippen LogP contribution >= 0.6 is 15.8 Å². The van der Waals surface area contributed by atoms with Crippen molar-refractivity contribution in [3.63, 3.8) is 0 Å². The molecule has 0 spiro atoms. The average Bonchev–Trinajstić information content (AvgIpc) is 3.11. The molecule has 7 rings (SSSR count). The van der Waals surface area contributed by atoms with Crippen LogP contribution in [-0.2, 0) is 0 Å². The largest absolute Gasteiger partial charge is 0.248 e. The predicted molar refractivity (Wildman–Crippen MR) is 193 cm³/mol. The number of benzene rings is 6. The van der Waals surface area contributed by atoms with Crippen LogP contribution in [0.3, 0.4) is 0 Å². The number of aromatic nitrogens is 1. The Kier molecular flexibility index (Phi) is 8.51. The lowest BCUT2D eigenvalue weighted by Crippen LogP contribution is -2.22. The summed E-state index contributed by atoms with van der Waals surface area (Å²) in [6.45, 7) is 0. The molecular weight excluding hydrogens is 568 g/mol. The minimum atomic E-state index is -0.768. The maximum Gasteiger partial charge on any atom is 0.0716 e. The van der Waals surface area contributed by atoms with E-state index in [9.17, 15) is 0 Å². The predicted octanol–water partition coefficient (Wildman–Crippen LogP) is 7.93. The van der Waals surface area contributed by atoms with Crippen molar-refractivity contribution in [3.05, 3.63) is 188 Å². The quantitative estimate of drug-likeness (QED) is 0.162. The lowest BCUT2D eigenvalue weighted by molar-refractivity contribution is 1.33. The average molecular weight is 600 g/mol. The Hall–Kier alpha value is -4.67. The molecule has 0 atom stereocenters. The third-order valence-corrected chi connectivity index (χ3v) is 12.7. The molecule has 3 heteroatoms. The van der Waals surface area contributed by atoms with Gasteiger partial charge < -0.3 is 0 Å². The van der Waals surface area contributed by atoms with E-state index in [1.807, 2.05) is 0 Å². The molecule has 0 unspecified atom stereocenters. The second-order valence-corrected chi connectivity index (χ2v) is 14.8. The Morgan fingerprint density at radius 2 is 0.568 bits per heavy atom. The summed E-state index contributed by atoms with van der Waals surface area (Å²) in [6.07, 6.45) is 0. The van der Waals surface area contributed by atoms with Gasteiger partial charge in [0.05, 0.1) is 11.4 Å². The highest BCUT2D eigenvalue weighted by atomic mass is 31.1. The van der Waals surface area contributed by atoms with Gasteiger partial charge in [0.15, 0.2) is 0 Å². The molecule has 1 nitrogen and oxygen atoms in total. The van der Waals surface area contributed by atoms with Gasteiger partial charge in [0.25, 0.3) is 0 Å². The molecule has 1 heterocycles. The molecule has 0 fully saturated rings. The standard InChI is InChI=1S/C41H31NP2/c1-5-18-32(19-6-1)43(33-20-7-2-8-21-33)40-30-15-13-26-36(40)38-28-17-29-39(42-38)37-27-14-16-31-41(37)44(34-22-9-3-10-23-34)35-24-11-4-12-25-35/h1-31H. The van der Waals surface area contributed by atoms with Gasteiger partial charge in [-0.1, -0.05) is 176 Å². The van der Waals surface area contributed by atoms with E-state index in [0.29, 0.717) is 0 Å². The third kappa shape index (κ3) is 5.91. The summed E-state index contributed by atoms with van der Waals surface area (Å²) in [5.41, 5.74) is 4.35. The molecule has 1 aromatic heterocycles. The first kappa shape index (κ1) is 28.1. The molecule has 6 aromatic carbocycles. The van der Waals surface area contributed by atoms with Crippen LogP contribution in [0.4, 0.5) is 0 Å². The van der Waals surface area contributed by atoms with Gasteiger partial charge in [-0.3, -0.25) is 0 Å². The molecule has 44 heavy (non-hydrogen) atoms. The molecule has 0 N–H and O–H groups in total. The number of pyridine rings is 1. The van der Waals surface area contributed by atoms with Gasteiger partial charge in [-0.15, -0.1) is 0 Å². The summed E-state index contributed by atoms with van der Waals surface area (Å²) in [6, 6.07) is 67.6. The van der Waals surface area contributed by atoms with Crippen molar-refractivity contribution in [1.82, 2.24) is 4.98 Å². The van der Waals surface area contributed by atoms with Gasteiger partial charge >= 0.3 is 0 Å². The molecule has 0 amide bonds. The Morgan fingerprint density at radius 3 is 0.909 bits per heavy atom. The first-order valence-corrected chi connectivity index (χ1v) is 17.5. The van der Waals surface area contributed by atoms with E-state index in [1.165, 1.54) is 43.0 Å². The van der Waals surface area contributed by atoms with E-state index in [0.717, 1.165) is 11.4 Å². The molecule has 0 saturated carbocycles. The number of hydrogen-bond donors (Lipinski definition) is 0. The lowest BCUT2D eigenvalue weighted by Gasteiger charge is -2.23. The number of rotatable bonds is 8. The molecule has 210 valence electrons. The lowest BCUT2D eigenvalue weighted by atomic mass is 10.1. The molecule has 0 saturated heterocycles. The second kappa shape index (κ2) is 13.3. The normalized spacial score (nSPS) is 11.1. The summed E-state index contributed by atoms with van der Waals surface area (Å²) in [4.78, 5) is 5.39. The Morgan fingerprint density at radius 1 is 0.273 bits per heavy atom. The fraction of sp³-hybridized carbons (Fsp3) is 0. The molecule has 7 aromatic rings. The fourth-order valence-corrected chi connectivity index (χ4v) is 10.6. The van der Waals surface area contributed by atoms with E-state index in [4.69, 9.17) is 4.98 Å². The van der Waals surface area contributed by atoms with Crippen LogP contribution in [0.2, 0.25) is 0 Å². The zero-order valence-electron chi connectivity index (χ0n) is 24.2. The molecule has 0 radical (unpaired) electrons. The summed E-state index contributed by atoms with van der Waals surface area (Å²) in [7, 11) is -1.54. The number of hydrogen-bond acceptors (Lipinski definition) is 1. The van der Waals surface area contributed by atoms with E-state index in [1.54, 1.807) is 0 Å². The van der Waals surface area contributed by atoms with Gasteiger partial charge in [-0.05, 0) is 59.8 Å². The third-order valence-electron chi connectivity index (χ3n) is 7.65. The topological polar surface area (TPSA) is 12.9 Å². The van der Waals surface area contributed by atoms with Crippen molar-refractivity contribution in [2.45, 2.75) is 0 Å². The minimum absolute atomic E-state index is 0.768. The van der Waals surface area contributed by atoms with Crippen molar-refractivity contribution in [1.29, 1.82) is 0 Å². The summed E-state index contributed by atoms with van der Waals surface area (Å²) in [5.74, 6) is 0.